The van der Waals surface area contributed by atoms with Crippen LogP contribution >= 0.6 is 0 Å². The van der Waals surface area contributed by atoms with Crippen LogP contribution in [0.4, 0.5) is 0 Å². The molecule has 0 radical (unpaired) electrons. The molecule has 0 saturated heterocycles. The van der Waals surface area contributed by atoms with Crippen molar-refractivity contribution in [3.63, 3.8) is 0 Å². The number of nitrogens with zero attached hydrogens (tertiary/aromatic N) is 2. The molecule has 0 aliphatic heterocycles. The van der Waals surface area contributed by atoms with Gasteiger partial charge in [0.2, 0.25) is 0 Å². The topological polar surface area (TPSA) is 114 Å². The number of para-hydroxylation sites is 1. The maximum absolute atomic E-state index is 11.5. The van der Waals surface area contributed by atoms with Crippen LogP contribution in [0.5, 0.6) is 5.75 Å². The number of hydrogen-bond acceptors (Lipinski definition) is 6. The minimum Gasteiger partial charge on any atom is -0.367 e. The van der Waals surface area contributed by atoms with Crippen LogP contribution < -0.4 is 8.91 Å². The number of amides is 1. The van der Waals surface area contributed by atoms with Crippen molar-refractivity contribution in [2.45, 2.75) is 0 Å². The zero-order valence-corrected chi connectivity index (χ0v) is 9.72. The van der Waals surface area contributed by atoms with E-state index >= 15 is 0 Å². The molecule has 0 fully saturated rings. The van der Waals surface area contributed by atoms with Crippen molar-refractivity contribution >= 4 is 16.2 Å². The number of carbonyl (C=O) groups is 1. The molecule has 8 nitrogen and oxygen atoms in total. The van der Waals surface area contributed by atoms with Gasteiger partial charge in [0.15, 0.2) is 5.69 Å². The van der Waals surface area contributed by atoms with Gasteiger partial charge in [-0.3, -0.25) is 4.79 Å². The Kier molecular flexibility index (Phi) is 3.24. The van der Waals surface area contributed by atoms with E-state index in [2.05, 4.69) is 19.6 Å². The Balaban J connectivity index is 2.07. The third kappa shape index (κ3) is 3.04. The summed E-state index contributed by atoms with van der Waals surface area (Å²) < 4.78 is 29.3. The molecule has 0 aliphatic carbocycles. The van der Waals surface area contributed by atoms with Crippen LogP contribution in [-0.2, 0) is 10.3 Å². The SMILES string of the molecule is O=C(NS(=O)(=O)Oc1ccccc1)c1cn[nH]n1. The van der Waals surface area contributed by atoms with Gasteiger partial charge in [-0.1, -0.05) is 18.2 Å². The van der Waals surface area contributed by atoms with Crippen molar-refractivity contribution in [3.05, 3.63) is 42.2 Å². The van der Waals surface area contributed by atoms with E-state index in [-0.39, 0.29) is 11.4 Å². The highest BCUT2D eigenvalue weighted by Crippen LogP contribution is 2.10. The molecule has 0 saturated carbocycles. The minimum absolute atomic E-state index is 0.0953. The first-order chi connectivity index (χ1) is 8.57. The largest absolute Gasteiger partial charge is 0.410 e. The van der Waals surface area contributed by atoms with Crippen molar-refractivity contribution in [2.24, 2.45) is 0 Å². The number of hydrogen-bond donors (Lipinski definition) is 2. The van der Waals surface area contributed by atoms with Crippen molar-refractivity contribution in [2.75, 3.05) is 0 Å². The summed E-state index contributed by atoms with van der Waals surface area (Å²) in [4.78, 5) is 11.4. The Morgan fingerprint density at radius 2 is 2.00 bits per heavy atom. The molecule has 2 rings (SSSR count). The molecule has 0 atom stereocenters. The summed E-state index contributed by atoms with van der Waals surface area (Å²) in [7, 11) is -4.24. The maximum atomic E-state index is 11.5. The fourth-order valence-electron chi connectivity index (χ4n) is 1.10. The van der Waals surface area contributed by atoms with E-state index in [0.717, 1.165) is 6.20 Å². The fourth-order valence-corrected chi connectivity index (χ4v) is 1.84. The average Bonchev–Trinajstić information content (AvgIpc) is 2.82. The summed E-state index contributed by atoms with van der Waals surface area (Å²) in [6, 6.07) is 7.79. The molecular formula is C9H8N4O4S. The third-order valence-electron chi connectivity index (χ3n) is 1.81. The minimum atomic E-state index is -4.24. The summed E-state index contributed by atoms with van der Waals surface area (Å²) in [5, 5.41) is 9.01. The standard InChI is InChI=1S/C9H8N4O4S/c14-9(8-6-10-13-11-8)12-18(15,16)17-7-4-2-1-3-5-7/h1-6H,(H,12,14)(H,10,11,13). The molecule has 1 heterocycles. The number of aromatic nitrogens is 3. The normalized spacial score (nSPS) is 10.9. The predicted octanol–water partition coefficient (Wildman–Crippen LogP) is -0.142. The molecule has 18 heavy (non-hydrogen) atoms. The van der Waals surface area contributed by atoms with E-state index in [4.69, 9.17) is 0 Å². The summed E-state index contributed by atoms with van der Waals surface area (Å²) in [5.41, 5.74) is -0.157. The highest BCUT2D eigenvalue weighted by atomic mass is 32.2. The van der Waals surface area contributed by atoms with Gasteiger partial charge in [0, 0.05) is 0 Å². The molecule has 0 spiro atoms. The average molecular weight is 268 g/mol. The first-order valence-electron chi connectivity index (χ1n) is 4.74. The smallest absolute Gasteiger partial charge is 0.367 e. The zero-order chi connectivity index (χ0) is 13.0. The lowest BCUT2D eigenvalue weighted by Gasteiger charge is -2.06. The summed E-state index contributed by atoms with van der Waals surface area (Å²) in [5.74, 6) is -0.836. The summed E-state index contributed by atoms with van der Waals surface area (Å²) >= 11 is 0. The van der Waals surface area contributed by atoms with Crippen LogP contribution in [-0.4, -0.2) is 29.7 Å². The lowest BCUT2D eigenvalue weighted by Crippen LogP contribution is -2.34. The monoisotopic (exact) mass is 268 g/mol. The number of carbonyl (C=O) groups excluding carboxylic acids is 1. The lowest BCUT2D eigenvalue weighted by atomic mass is 10.3. The molecule has 1 amide bonds. The number of nitrogens with one attached hydrogen (secondary N) is 2. The van der Waals surface area contributed by atoms with Gasteiger partial charge in [-0.15, -0.1) is 0 Å². The van der Waals surface area contributed by atoms with E-state index < -0.39 is 16.2 Å². The van der Waals surface area contributed by atoms with Gasteiger partial charge in [0.1, 0.15) is 5.75 Å². The van der Waals surface area contributed by atoms with E-state index in [1.165, 1.54) is 12.1 Å². The number of rotatable bonds is 4. The third-order valence-corrected chi connectivity index (χ3v) is 2.66. The van der Waals surface area contributed by atoms with Crippen LogP contribution in [0, 0.1) is 0 Å². The molecule has 0 unspecified atom stereocenters. The van der Waals surface area contributed by atoms with E-state index in [9.17, 15) is 13.2 Å². The van der Waals surface area contributed by atoms with Gasteiger partial charge in [-0.05, 0) is 12.1 Å². The summed E-state index contributed by atoms with van der Waals surface area (Å²) in [6.45, 7) is 0. The molecular weight excluding hydrogens is 260 g/mol. The van der Waals surface area contributed by atoms with E-state index in [1.54, 1.807) is 22.9 Å². The Hall–Kier alpha value is -2.42. The zero-order valence-electron chi connectivity index (χ0n) is 8.90. The van der Waals surface area contributed by atoms with E-state index in [0.29, 0.717) is 0 Å². The van der Waals surface area contributed by atoms with Crippen molar-refractivity contribution in [1.82, 2.24) is 20.1 Å². The Morgan fingerprint density at radius 1 is 1.28 bits per heavy atom. The molecule has 1 aromatic carbocycles. The second-order valence-corrected chi connectivity index (χ2v) is 4.42. The predicted molar refractivity (Wildman–Crippen MR) is 59.8 cm³/mol. The van der Waals surface area contributed by atoms with Gasteiger partial charge in [0.05, 0.1) is 6.20 Å². The molecule has 94 valence electrons. The Bertz CT molecular complexity index is 624. The molecule has 0 bridgehead atoms. The lowest BCUT2D eigenvalue weighted by molar-refractivity contribution is 0.0974. The maximum Gasteiger partial charge on any atom is 0.410 e. The highest BCUT2D eigenvalue weighted by molar-refractivity contribution is 7.85. The number of H-pyrrole nitrogens is 1. The first-order valence-corrected chi connectivity index (χ1v) is 6.15. The van der Waals surface area contributed by atoms with Gasteiger partial charge in [0.25, 0.3) is 5.91 Å². The number of benzene rings is 1. The van der Waals surface area contributed by atoms with Gasteiger partial charge in [-0.2, -0.15) is 23.8 Å². The van der Waals surface area contributed by atoms with Gasteiger partial charge < -0.3 is 4.18 Å². The highest BCUT2D eigenvalue weighted by Gasteiger charge is 2.19. The molecule has 2 aromatic rings. The molecule has 9 heteroatoms. The van der Waals surface area contributed by atoms with Crippen LogP contribution in [0.2, 0.25) is 0 Å². The summed E-state index contributed by atoms with van der Waals surface area (Å²) in [6.07, 6.45) is 1.09. The number of aromatic amines is 1. The second kappa shape index (κ2) is 4.84. The van der Waals surface area contributed by atoms with Crippen molar-refractivity contribution in [3.8, 4) is 5.75 Å². The Morgan fingerprint density at radius 3 is 2.61 bits per heavy atom. The van der Waals surface area contributed by atoms with Gasteiger partial charge >= 0.3 is 10.3 Å². The van der Waals surface area contributed by atoms with Crippen LogP contribution in [0.3, 0.4) is 0 Å². The van der Waals surface area contributed by atoms with Crippen LogP contribution in [0.1, 0.15) is 10.5 Å². The van der Waals surface area contributed by atoms with Crippen LogP contribution in [0.25, 0.3) is 0 Å². The second-order valence-electron chi connectivity index (χ2n) is 3.14. The van der Waals surface area contributed by atoms with Crippen molar-refractivity contribution < 1.29 is 17.4 Å². The fraction of sp³-hybridized carbons (Fsp3) is 0. The van der Waals surface area contributed by atoms with Crippen LogP contribution in [0.15, 0.2) is 36.5 Å². The van der Waals surface area contributed by atoms with Crippen molar-refractivity contribution in [1.29, 1.82) is 0 Å². The van der Waals surface area contributed by atoms with Gasteiger partial charge in [-0.25, -0.2) is 4.72 Å². The Labute approximate surface area is 102 Å². The molecule has 0 aliphatic rings. The first kappa shape index (κ1) is 12.0. The molecule has 1 aromatic heterocycles. The molecule has 2 N–H and O–H groups in total. The van der Waals surface area contributed by atoms with E-state index in [1.807, 2.05) is 0 Å². The quantitative estimate of drug-likeness (QED) is 0.797.